The van der Waals surface area contributed by atoms with Crippen LogP contribution < -0.4 is 10.5 Å². The number of amides is 2. The molecule has 1 aliphatic rings. The lowest BCUT2D eigenvalue weighted by atomic mass is 9.88. The topological polar surface area (TPSA) is 73.5 Å². The Morgan fingerprint density at radius 2 is 1.70 bits per heavy atom. The van der Waals surface area contributed by atoms with Crippen LogP contribution in [0, 0.1) is 12.8 Å². The molecule has 178 valence electrons. The molecule has 2 aromatic rings. The first-order valence-electron chi connectivity index (χ1n) is 10.9. The van der Waals surface area contributed by atoms with Crippen molar-refractivity contribution in [1.82, 2.24) is 9.88 Å². The van der Waals surface area contributed by atoms with Crippen molar-refractivity contribution in [2.24, 2.45) is 5.92 Å². The van der Waals surface area contributed by atoms with E-state index in [9.17, 15) is 27.6 Å². The summed E-state index contributed by atoms with van der Waals surface area (Å²) in [6, 6.07) is 5.79. The van der Waals surface area contributed by atoms with E-state index in [1.54, 1.807) is 21.0 Å². The largest absolute Gasteiger partial charge is 0.416 e. The summed E-state index contributed by atoms with van der Waals surface area (Å²) >= 11 is 0. The molecule has 0 radical (unpaired) electrons. The summed E-state index contributed by atoms with van der Waals surface area (Å²) in [4.78, 5) is 43.9. The normalized spacial score (nSPS) is 14.7. The lowest BCUT2D eigenvalue weighted by molar-refractivity contribution is -0.137. The summed E-state index contributed by atoms with van der Waals surface area (Å²) < 4.78 is 40.0. The first-order chi connectivity index (χ1) is 15.5. The molecule has 3 rings (SSSR count). The summed E-state index contributed by atoms with van der Waals surface area (Å²) in [5, 5.41) is 0. The maximum Gasteiger partial charge on any atom is 0.416 e. The van der Waals surface area contributed by atoms with Crippen molar-refractivity contribution in [3.8, 4) is 0 Å². The molecular formula is C24H28F3N3O3. The minimum absolute atomic E-state index is 0.0702. The summed E-state index contributed by atoms with van der Waals surface area (Å²) in [5.74, 6) is -1.01. The Morgan fingerprint density at radius 3 is 2.30 bits per heavy atom. The number of nitrogens with zero attached hydrogens (tertiary/aromatic N) is 2. The number of aryl methyl sites for hydroxylation is 1. The predicted molar refractivity (Wildman–Crippen MR) is 120 cm³/mol. The van der Waals surface area contributed by atoms with E-state index in [0.29, 0.717) is 5.69 Å². The van der Waals surface area contributed by atoms with Crippen LogP contribution >= 0.6 is 0 Å². The van der Waals surface area contributed by atoms with Gasteiger partial charge in [-0.05, 0) is 49.9 Å². The third kappa shape index (κ3) is 5.64. The summed E-state index contributed by atoms with van der Waals surface area (Å²) in [7, 11) is 3.10. The van der Waals surface area contributed by atoms with Crippen LogP contribution in [0.15, 0.2) is 35.1 Å². The highest BCUT2D eigenvalue weighted by molar-refractivity contribution is 6.07. The van der Waals surface area contributed by atoms with Gasteiger partial charge in [-0.15, -0.1) is 0 Å². The standard InChI is InChI=1S/C24H28F3N3O3/c1-15-19(22(32)29(2)3)13-20(21(31)28-15)23(33)30(14-16-8-5-4-6-9-16)18-11-7-10-17(12-18)24(25,26)27/h7,10-13,16H,4-6,8-9,14H2,1-3H3,(H,28,31). The highest BCUT2D eigenvalue weighted by atomic mass is 19.4. The average molecular weight is 464 g/mol. The van der Waals surface area contributed by atoms with Crippen LogP contribution in [0.5, 0.6) is 0 Å². The van der Waals surface area contributed by atoms with E-state index < -0.39 is 29.1 Å². The van der Waals surface area contributed by atoms with Crippen LogP contribution in [0.3, 0.4) is 0 Å². The van der Waals surface area contributed by atoms with Gasteiger partial charge in [-0.1, -0.05) is 25.3 Å². The van der Waals surface area contributed by atoms with Crippen molar-refractivity contribution in [1.29, 1.82) is 0 Å². The van der Waals surface area contributed by atoms with Gasteiger partial charge in [-0.25, -0.2) is 0 Å². The predicted octanol–water partition coefficient (Wildman–Crippen LogP) is 4.63. The van der Waals surface area contributed by atoms with Crippen molar-refractivity contribution in [2.75, 3.05) is 25.5 Å². The van der Waals surface area contributed by atoms with Gasteiger partial charge in [0.15, 0.2) is 0 Å². The lowest BCUT2D eigenvalue weighted by Gasteiger charge is -2.30. The number of halogens is 3. The molecule has 0 saturated heterocycles. The quantitative estimate of drug-likeness (QED) is 0.703. The maximum absolute atomic E-state index is 13.6. The lowest BCUT2D eigenvalue weighted by Crippen LogP contribution is -2.39. The zero-order valence-electron chi connectivity index (χ0n) is 19.0. The second-order valence-corrected chi connectivity index (χ2v) is 8.72. The average Bonchev–Trinajstić information content (AvgIpc) is 2.77. The Hall–Kier alpha value is -3.10. The highest BCUT2D eigenvalue weighted by Gasteiger charge is 2.32. The Balaban J connectivity index is 2.07. The fourth-order valence-corrected chi connectivity index (χ4v) is 4.17. The van der Waals surface area contributed by atoms with E-state index in [4.69, 9.17) is 0 Å². The van der Waals surface area contributed by atoms with E-state index in [-0.39, 0.29) is 29.3 Å². The fourth-order valence-electron chi connectivity index (χ4n) is 4.17. The SMILES string of the molecule is Cc1[nH]c(=O)c(C(=O)N(CC2CCCCC2)c2cccc(C(F)(F)F)c2)cc1C(=O)N(C)C. The molecule has 1 aliphatic carbocycles. The summed E-state index contributed by atoms with van der Waals surface area (Å²) in [6.45, 7) is 1.75. The zero-order chi connectivity index (χ0) is 24.3. The summed E-state index contributed by atoms with van der Waals surface area (Å²) in [6.07, 6.45) is 0.211. The monoisotopic (exact) mass is 463 g/mol. The van der Waals surface area contributed by atoms with Gasteiger partial charge >= 0.3 is 6.18 Å². The van der Waals surface area contributed by atoms with Gasteiger partial charge in [0.2, 0.25) is 0 Å². The van der Waals surface area contributed by atoms with E-state index in [0.717, 1.165) is 44.2 Å². The van der Waals surface area contributed by atoms with Crippen LogP contribution in [0.25, 0.3) is 0 Å². The van der Waals surface area contributed by atoms with E-state index in [1.807, 2.05) is 0 Å². The van der Waals surface area contributed by atoms with Gasteiger partial charge in [0, 0.05) is 32.0 Å². The molecule has 1 aromatic carbocycles. The van der Waals surface area contributed by atoms with Crippen molar-refractivity contribution in [2.45, 2.75) is 45.2 Å². The van der Waals surface area contributed by atoms with Gasteiger partial charge in [0.25, 0.3) is 17.4 Å². The molecule has 1 fully saturated rings. The van der Waals surface area contributed by atoms with Crippen LogP contribution in [-0.4, -0.2) is 42.3 Å². The third-order valence-corrected chi connectivity index (χ3v) is 6.00. The molecule has 9 heteroatoms. The molecule has 0 unspecified atom stereocenters. The van der Waals surface area contributed by atoms with E-state index >= 15 is 0 Å². The van der Waals surface area contributed by atoms with Gasteiger partial charge in [0.05, 0.1) is 11.1 Å². The second-order valence-electron chi connectivity index (χ2n) is 8.72. The van der Waals surface area contributed by atoms with Crippen molar-refractivity contribution in [3.63, 3.8) is 0 Å². The number of aromatic amines is 1. The molecule has 1 N–H and O–H groups in total. The van der Waals surface area contributed by atoms with Crippen molar-refractivity contribution >= 4 is 17.5 Å². The number of carbonyl (C=O) groups is 2. The number of benzene rings is 1. The number of alkyl halides is 3. The smallest absolute Gasteiger partial charge is 0.345 e. The molecular weight excluding hydrogens is 435 g/mol. The highest BCUT2D eigenvalue weighted by Crippen LogP contribution is 2.33. The van der Waals surface area contributed by atoms with Crippen molar-refractivity contribution in [3.05, 3.63) is 63.1 Å². The van der Waals surface area contributed by atoms with Gasteiger partial charge in [0.1, 0.15) is 5.56 Å². The first kappa shape index (κ1) is 24.5. The Bertz CT molecular complexity index is 1090. The van der Waals surface area contributed by atoms with E-state index in [2.05, 4.69) is 4.98 Å². The molecule has 0 bridgehead atoms. The molecule has 0 spiro atoms. The number of aromatic nitrogens is 1. The van der Waals surface area contributed by atoms with E-state index in [1.165, 1.54) is 28.0 Å². The molecule has 1 aromatic heterocycles. The minimum Gasteiger partial charge on any atom is -0.345 e. The number of anilines is 1. The number of H-pyrrole nitrogens is 1. The number of nitrogens with one attached hydrogen (secondary N) is 1. The Kier molecular flexibility index (Phi) is 7.29. The van der Waals surface area contributed by atoms with Crippen LogP contribution in [0.2, 0.25) is 0 Å². The number of carbonyl (C=O) groups excluding carboxylic acids is 2. The molecule has 1 heterocycles. The van der Waals surface area contributed by atoms with Crippen LogP contribution in [0.4, 0.5) is 18.9 Å². The maximum atomic E-state index is 13.6. The molecule has 0 atom stereocenters. The number of hydrogen-bond acceptors (Lipinski definition) is 3. The molecule has 1 saturated carbocycles. The third-order valence-electron chi connectivity index (χ3n) is 6.00. The van der Waals surface area contributed by atoms with Gasteiger partial charge < -0.3 is 14.8 Å². The van der Waals surface area contributed by atoms with Gasteiger partial charge in [-0.2, -0.15) is 13.2 Å². The fraction of sp³-hybridized carbons (Fsp3) is 0.458. The van der Waals surface area contributed by atoms with Crippen LogP contribution in [0.1, 0.15) is 64.1 Å². The minimum atomic E-state index is -4.57. The van der Waals surface area contributed by atoms with Crippen molar-refractivity contribution < 1.29 is 22.8 Å². The number of hydrogen-bond donors (Lipinski definition) is 1. The molecule has 2 amide bonds. The zero-order valence-corrected chi connectivity index (χ0v) is 19.0. The Morgan fingerprint density at radius 1 is 1.03 bits per heavy atom. The van der Waals surface area contributed by atoms with Crippen LogP contribution in [-0.2, 0) is 6.18 Å². The van der Waals surface area contributed by atoms with Gasteiger partial charge in [-0.3, -0.25) is 14.4 Å². The Labute approximate surface area is 190 Å². The number of rotatable bonds is 5. The first-order valence-corrected chi connectivity index (χ1v) is 10.9. The molecule has 6 nitrogen and oxygen atoms in total. The number of pyridine rings is 1. The molecule has 0 aliphatic heterocycles. The molecule has 33 heavy (non-hydrogen) atoms. The summed E-state index contributed by atoms with van der Waals surface area (Å²) in [5.41, 5.74) is -1.30. The second kappa shape index (κ2) is 9.80.